The number of hydrogen-bond donors (Lipinski definition) is 3. The molecule has 0 aromatic heterocycles. The van der Waals surface area contributed by atoms with Crippen molar-refractivity contribution in [2.24, 2.45) is 5.10 Å². The molecule has 2 rings (SSSR count). The summed E-state index contributed by atoms with van der Waals surface area (Å²) in [4.78, 5) is 11.8. The third kappa shape index (κ3) is 4.74. The Balaban J connectivity index is 1.94. The average Bonchev–Trinajstić information content (AvgIpc) is 2.49. The molecule has 0 aliphatic carbocycles. The van der Waals surface area contributed by atoms with E-state index in [1.807, 2.05) is 32.0 Å². The van der Waals surface area contributed by atoms with Crippen LogP contribution in [0.2, 0.25) is 0 Å². The van der Waals surface area contributed by atoms with E-state index in [9.17, 15) is 15.0 Å². The summed E-state index contributed by atoms with van der Waals surface area (Å²) in [7, 11) is 0. The summed E-state index contributed by atoms with van der Waals surface area (Å²) >= 11 is 0. The van der Waals surface area contributed by atoms with Gasteiger partial charge in [-0.3, -0.25) is 4.79 Å². The molecule has 0 unspecified atom stereocenters. The van der Waals surface area contributed by atoms with E-state index in [0.717, 1.165) is 11.1 Å². The Morgan fingerprint density at radius 2 is 1.79 bits per heavy atom. The summed E-state index contributed by atoms with van der Waals surface area (Å²) in [5.41, 5.74) is 5.32. The van der Waals surface area contributed by atoms with Gasteiger partial charge < -0.3 is 14.9 Å². The number of ether oxygens (including phenoxy) is 1. The van der Waals surface area contributed by atoms with Crippen LogP contribution in [0.4, 0.5) is 0 Å². The zero-order valence-corrected chi connectivity index (χ0v) is 13.8. The van der Waals surface area contributed by atoms with Gasteiger partial charge in [0.05, 0.1) is 5.71 Å². The lowest BCUT2D eigenvalue weighted by molar-refractivity contribution is -0.123. The lowest BCUT2D eigenvalue weighted by Crippen LogP contribution is -2.25. The summed E-state index contributed by atoms with van der Waals surface area (Å²) in [5.74, 6) is 0.0539. The molecule has 1 amide bonds. The lowest BCUT2D eigenvalue weighted by atomic mass is 10.1. The molecule has 0 spiro atoms. The molecule has 126 valence electrons. The number of phenols is 2. The first-order chi connectivity index (χ1) is 11.3. The Morgan fingerprint density at radius 3 is 2.42 bits per heavy atom. The first kappa shape index (κ1) is 17.3. The molecule has 0 radical (unpaired) electrons. The van der Waals surface area contributed by atoms with Crippen LogP contribution in [0.1, 0.15) is 23.6 Å². The second-order valence-corrected chi connectivity index (χ2v) is 5.55. The third-order valence-corrected chi connectivity index (χ3v) is 3.28. The van der Waals surface area contributed by atoms with Crippen molar-refractivity contribution >= 4 is 11.6 Å². The van der Waals surface area contributed by atoms with Gasteiger partial charge in [-0.1, -0.05) is 6.07 Å². The summed E-state index contributed by atoms with van der Waals surface area (Å²) in [6, 6.07) is 9.87. The molecule has 0 aliphatic heterocycles. The van der Waals surface area contributed by atoms with Crippen LogP contribution in [0.15, 0.2) is 41.5 Å². The van der Waals surface area contributed by atoms with Gasteiger partial charge in [0, 0.05) is 11.6 Å². The highest BCUT2D eigenvalue weighted by Crippen LogP contribution is 2.23. The quantitative estimate of drug-likeness (QED) is 0.581. The predicted molar refractivity (Wildman–Crippen MR) is 91.5 cm³/mol. The minimum atomic E-state index is -0.410. The van der Waals surface area contributed by atoms with Crippen molar-refractivity contribution in [2.75, 3.05) is 6.61 Å². The molecule has 24 heavy (non-hydrogen) atoms. The van der Waals surface area contributed by atoms with Crippen LogP contribution in [0.5, 0.6) is 17.2 Å². The molecule has 0 fully saturated rings. The Bertz CT molecular complexity index is 764. The molecule has 6 heteroatoms. The van der Waals surface area contributed by atoms with E-state index >= 15 is 0 Å². The molecule has 0 aliphatic rings. The number of nitrogens with zero attached hydrogens (tertiary/aromatic N) is 1. The van der Waals surface area contributed by atoms with Gasteiger partial charge >= 0.3 is 0 Å². The largest absolute Gasteiger partial charge is 0.508 e. The van der Waals surface area contributed by atoms with Gasteiger partial charge in [0.2, 0.25) is 0 Å². The number of rotatable bonds is 5. The predicted octanol–water partition coefficient (Wildman–Crippen LogP) is 2.63. The Morgan fingerprint density at radius 1 is 1.12 bits per heavy atom. The van der Waals surface area contributed by atoms with Crippen molar-refractivity contribution in [3.63, 3.8) is 0 Å². The van der Waals surface area contributed by atoms with Crippen LogP contribution in [0.25, 0.3) is 0 Å². The summed E-state index contributed by atoms with van der Waals surface area (Å²) in [5, 5.41) is 22.9. The van der Waals surface area contributed by atoms with E-state index in [-0.39, 0.29) is 18.1 Å². The monoisotopic (exact) mass is 328 g/mol. The van der Waals surface area contributed by atoms with Crippen molar-refractivity contribution < 1.29 is 19.7 Å². The SMILES string of the molecule is C/C(=N\NC(=O)COc1cc(C)cc(C)c1)c1ccc(O)cc1O. The molecular weight excluding hydrogens is 308 g/mol. The van der Waals surface area contributed by atoms with Crippen molar-refractivity contribution in [2.45, 2.75) is 20.8 Å². The number of carbonyl (C=O) groups is 1. The van der Waals surface area contributed by atoms with E-state index in [2.05, 4.69) is 10.5 Å². The molecule has 2 aromatic rings. The zero-order chi connectivity index (χ0) is 17.7. The number of carbonyl (C=O) groups excluding carboxylic acids is 1. The maximum Gasteiger partial charge on any atom is 0.277 e. The van der Waals surface area contributed by atoms with E-state index < -0.39 is 5.91 Å². The van der Waals surface area contributed by atoms with Gasteiger partial charge in [0.15, 0.2) is 6.61 Å². The number of amides is 1. The fourth-order valence-electron chi connectivity index (χ4n) is 2.23. The number of benzene rings is 2. The standard InChI is InChI=1S/C18H20N2O4/c1-11-6-12(2)8-15(7-11)24-10-18(23)20-19-13(3)16-5-4-14(21)9-17(16)22/h4-9,21-22H,10H2,1-3H3,(H,20,23)/b19-13+. The summed E-state index contributed by atoms with van der Waals surface area (Å²) in [6.07, 6.45) is 0. The molecule has 6 nitrogen and oxygen atoms in total. The average molecular weight is 328 g/mol. The lowest BCUT2D eigenvalue weighted by Gasteiger charge is -2.08. The number of aryl methyl sites for hydroxylation is 2. The van der Waals surface area contributed by atoms with Crippen molar-refractivity contribution in [1.29, 1.82) is 0 Å². The van der Waals surface area contributed by atoms with Gasteiger partial charge in [-0.05, 0) is 56.2 Å². The maximum absolute atomic E-state index is 11.8. The first-order valence-corrected chi connectivity index (χ1v) is 7.41. The topological polar surface area (TPSA) is 91.2 Å². The van der Waals surface area contributed by atoms with E-state index in [4.69, 9.17) is 4.74 Å². The van der Waals surface area contributed by atoms with Crippen molar-refractivity contribution in [1.82, 2.24) is 5.43 Å². The molecule has 3 N–H and O–H groups in total. The van der Waals surface area contributed by atoms with Gasteiger partial charge in [-0.2, -0.15) is 5.10 Å². The second kappa shape index (κ2) is 7.50. The number of aromatic hydroxyl groups is 2. The number of hydrogen-bond acceptors (Lipinski definition) is 5. The first-order valence-electron chi connectivity index (χ1n) is 7.41. The van der Waals surface area contributed by atoms with Crippen LogP contribution in [-0.2, 0) is 4.79 Å². The Hall–Kier alpha value is -3.02. The maximum atomic E-state index is 11.8. The van der Waals surface area contributed by atoms with Gasteiger partial charge in [0.1, 0.15) is 17.2 Å². The smallest absolute Gasteiger partial charge is 0.277 e. The van der Waals surface area contributed by atoms with Crippen molar-refractivity contribution in [3.8, 4) is 17.2 Å². The molecule has 0 bridgehead atoms. The van der Waals surface area contributed by atoms with Crippen LogP contribution in [-0.4, -0.2) is 28.4 Å². The molecule has 0 atom stereocenters. The minimum absolute atomic E-state index is 0.0464. The highest BCUT2D eigenvalue weighted by atomic mass is 16.5. The van der Waals surface area contributed by atoms with Crippen LogP contribution in [0, 0.1) is 13.8 Å². The molecule has 2 aromatic carbocycles. The Kier molecular flexibility index (Phi) is 5.42. The molecule has 0 saturated carbocycles. The minimum Gasteiger partial charge on any atom is -0.508 e. The second-order valence-electron chi connectivity index (χ2n) is 5.55. The highest BCUT2D eigenvalue weighted by Gasteiger charge is 2.07. The van der Waals surface area contributed by atoms with E-state index in [0.29, 0.717) is 17.0 Å². The summed E-state index contributed by atoms with van der Waals surface area (Å²) in [6.45, 7) is 5.38. The van der Waals surface area contributed by atoms with Gasteiger partial charge in [-0.25, -0.2) is 5.43 Å². The Labute approximate surface area is 140 Å². The fraction of sp³-hybridized carbons (Fsp3) is 0.222. The molecule has 0 saturated heterocycles. The van der Waals surface area contributed by atoms with Crippen LogP contribution >= 0.6 is 0 Å². The highest BCUT2D eigenvalue weighted by molar-refractivity contribution is 6.01. The zero-order valence-electron chi connectivity index (χ0n) is 13.8. The number of nitrogens with one attached hydrogen (secondary N) is 1. The molecule has 0 heterocycles. The number of hydrazone groups is 1. The number of phenolic OH excluding ortho intramolecular Hbond substituents is 2. The van der Waals surface area contributed by atoms with E-state index in [1.54, 1.807) is 6.92 Å². The summed E-state index contributed by atoms with van der Waals surface area (Å²) < 4.78 is 5.44. The third-order valence-electron chi connectivity index (χ3n) is 3.28. The van der Waals surface area contributed by atoms with Crippen LogP contribution in [0.3, 0.4) is 0 Å². The molecular formula is C18H20N2O4. The van der Waals surface area contributed by atoms with Gasteiger partial charge in [0.25, 0.3) is 5.91 Å². The normalized spacial score (nSPS) is 11.2. The van der Waals surface area contributed by atoms with Gasteiger partial charge in [-0.15, -0.1) is 0 Å². The van der Waals surface area contributed by atoms with Crippen molar-refractivity contribution in [3.05, 3.63) is 53.1 Å². The fourth-order valence-corrected chi connectivity index (χ4v) is 2.23. The van der Waals surface area contributed by atoms with Crippen LogP contribution < -0.4 is 10.2 Å². The van der Waals surface area contributed by atoms with E-state index in [1.165, 1.54) is 18.2 Å².